The molecular formula is C9H11ClN2O4S2. The van der Waals surface area contributed by atoms with Crippen molar-refractivity contribution in [2.45, 2.75) is 16.2 Å². The predicted octanol–water partition coefficient (Wildman–Crippen LogP) is 0.578. The number of carbonyl (C=O) groups is 1. The minimum absolute atomic E-state index is 0.0979. The molecule has 0 aromatic carbocycles. The zero-order chi connectivity index (χ0) is 13.6. The van der Waals surface area contributed by atoms with Crippen molar-refractivity contribution in [3.63, 3.8) is 0 Å². The van der Waals surface area contributed by atoms with E-state index < -0.39 is 21.5 Å². The van der Waals surface area contributed by atoms with E-state index in [4.69, 9.17) is 22.4 Å². The monoisotopic (exact) mass is 310 g/mol. The number of hydrogen-bond acceptors (Lipinski definition) is 5. The molecule has 1 atom stereocenters. The van der Waals surface area contributed by atoms with Gasteiger partial charge in [-0.3, -0.25) is 4.79 Å². The Kier molecular flexibility index (Phi) is 3.41. The molecule has 1 aliphatic heterocycles. The van der Waals surface area contributed by atoms with Gasteiger partial charge < -0.3 is 10.8 Å². The lowest BCUT2D eigenvalue weighted by molar-refractivity contribution is -0.142. The first-order valence-corrected chi connectivity index (χ1v) is 7.67. The van der Waals surface area contributed by atoms with Gasteiger partial charge in [0.1, 0.15) is 9.75 Å². The molecular weight excluding hydrogens is 300 g/mol. The number of halogens is 1. The molecule has 18 heavy (non-hydrogen) atoms. The molecule has 9 heteroatoms. The van der Waals surface area contributed by atoms with Gasteiger partial charge >= 0.3 is 5.97 Å². The quantitative estimate of drug-likeness (QED) is 0.850. The number of thiophene rings is 1. The topological polar surface area (TPSA) is 101 Å². The molecule has 1 unspecified atom stereocenters. The molecule has 1 saturated heterocycles. The third kappa shape index (κ3) is 2.26. The highest BCUT2D eigenvalue weighted by molar-refractivity contribution is 7.91. The summed E-state index contributed by atoms with van der Waals surface area (Å²) in [6, 6.07) is 2.89. The molecule has 0 bridgehead atoms. The zero-order valence-corrected chi connectivity index (χ0v) is 11.6. The van der Waals surface area contributed by atoms with Crippen molar-refractivity contribution in [3.05, 3.63) is 16.5 Å². The van der Waals surface area contributed by atoms with Crippen molar-refractivity contribution in [1.29, 1.82) is 0 Å². The Morgan fingerprint density at radius 1 is 1.56 bits per heavy atom. The van der Waals surface area contributed by atoms with Crippen LogP contribution in [0.25, 0.3) is 0 Å². The number of nitrogens with two attached hydrogens (primary N) is 1. The fourth-order valence-corrected chi connectivity index (χ4v) is 4.89. The van der Waals surface area contributed by atoms with Crippen LogP contribution in [0.5, 0.6) is 0 Å². The fourth-order valence-electron chi connectivity index (χ4n) is 1.74. The molecule has 2 rings (SSSR count). The third-order valence-electron chi connectivity index (χ3n) is 2.83. The Hall–Kier alpha value is -0.670. The van der Waals surface area contributed by atoms with Crippen LogP contribution >= 0.6 is 22.9 Å². The Balaban J connectivity index is 2.27. The summed E-state index contributed by atoms with van der Waals surface area (Å²) in [6.45, 7) is -0.124. The van der Waals surface area contributed by atoms with Crippen molar-refractivity contribution < 1.29 is 18.3 Å². The third-order valence-corrected chi connectivity index (χ3v) is 6.38. The standard InChI is InChI=1S/C9H11ClN2O4S2/c10-6-1-2-7(17-6)18(15,16)12-4-3-9(11,5-12)8(13)14/h1-2H,3-5,11H2,(H,13,14). The summed E-state index contributed by atoms with van der Waals surface area (Å²) in [5, 5.41) is 8.97. The van der Waals surface area contributed by atoms with Gasteiger partial charge in [-0.15, -0.1) is 11.3 Å². The number of nitrogens with zero attached hydrogens (tertiary/aromatic N) is 1. The summed E-state index contributed by atoms with van der Waals surface area (Å²) in [5.41, 5.74) is 4.14. The van der Waals surface area contributed by atoms with Crippen LogP contribution in [0, 0.1) is 0 Å². The summed E-state index contributed by atoms with van der Waals surface area (Å²) in [5.74, 6) is -1.19. The number of aliphatic carboxylic acids is 1. The second-order valence-corrected chi connectivity index (χ2v) is 7.99. The molecule has 0 amide bonds. The van der Waals surface area contributed by atoms with Crippen LogP contribution in [-0.2, 0) is 14.8 Å². The molecule has 6 nitrogen and oxygen atoms in total. The van der Waals surface area contributed by atoms with Gasteiger partial charge in [0.05, 0.1) is 4.34 Å². The number of carboxylic acids is 1. The molecule has 0 saturated carbocycles. The van der Waals surface area contributed by atoms with E-state index in [2.05, 4.69) is 0 Å². The van der Waals surface area contributed by atoms with Crippen LogP contribution in [0.1, 0.15) is 6.42 Å². The van der Waals surface area contributed by atoms with Crippen molar-refractivity contribution in [3.8, 4) is 0 Å². The lowest BCUT2D eigenvalue weighted by atomic mass is 10.0. The maximum atomic E-state index is 12.2. The van der Waals surface area contributed by atoms with E-state index in [0.717, 1.165) is 15.6 Å². The molecule has 1 fully saturated rings. The molecule has 2 heterocycles. The second kappa shape index (κ2) is 4.46. The summed E-state index contributed by atoms with van der Waals surface area (Å²) < 4.78 is 25.9. The van der Waals surface area contributed by atoms with E-state index in [9.17, 15) is 13.2 Å². The van der Waals surface area contributed by atoms with E-state index in [1.54, 1.807) is 0 Å². The van der Waals surface area contributed by atoms with Crippen LogP contribution in [-0.4, -0.2) is 42.4 Å². The summed E-state index contributed by atoms with van der Waals surface area (Å²) in [7, 11) is -3.70. The maximum Gasteiger partial charge on any atom is 0.325 e. The van der Waals surface area contributed by atoms with Crippen LogP contribution in [0.3, 0.4) is 0 Å². The average Bonchev–Trinajstić information content (AvgIpc) is 2.86. The van der Waals surface area contributed by atoms with Crippen molar-refractivity contribution in [1.82, 2.24) is 4.31 Å². The summed E-state index contributed by atoms with van der Waals surface area (Å²) in [4.78, 5) is 11.0. The SMILES string of the molecule is NC1(C(=O)O)CCN(S(=O)(=O)c2ccc(Cl)s2)C1. The predicted molar refractivity (Wildman–Crippen MR) is 67.3 cm³/mol. The zero-order valence-electron chi connectivity index (χ0n) is 9.17. The highest BCUT2D eigenvalue weighted by atomic mass is 35.5. The first-order chi connectivity index (χ1) is 8.25. The van der Waals surface area contributed by atoms with Gasteiger partial charge in [0.2, 0.25) is 0 Å². The van der Waals surface area contributed by atoms with Gasteiger partial charge in [-0.1, -0.05) is 11.6 Å². The molecule has 1 aromatic rings. The lowest BCUT2D eigenvalue weighted by Gasteiger charge is -2.19. The summed E-state index contributed by atoms with van der Waals surface area (Å²) in [6.07, 6.45) is 0.0979. The minimum Gasteiger partial charge on any atom is -0.480 e. The Morgan fingerprint density at radius 2 is 2.22 bits per heavy atom. The van der Waals surface area contributed by atoms with Gasteiger partial charge in [-0.25, -0.2) is 8.42 Å². The van der Waals surface area contributed by atoms with Gasteiger partial charge in [-0.05, 0) is 18.6 Å². The number of carboxylic acid groups (broad SMARTS) is 1. The summed E-state index contributed by atoms with van der Waals surface area (Å²) >= 11 is 6.63. The van der Waals surface area contributed by atoms with Crippen molar-refractivity contribution >= 4 is 38.9 Å². The lowest BCUT2D eigenvalue weighted by Crippen LogP contribution is -2.50. The smallest absolute Gasteiger partial charge is 0.325 e. The Bertz CT molecular complexity index is 585. The average molecular weight is 311 g/mol. The fraction of sp³-hybridized carbons (Fsp3) is 0.444. The van der Waals surface area contributed by atoms with Crippen molar-refractivity contribution in [2.24, 2.45) is 5.73 Å². The molecule has 0 radical (unpaired) electrons. The first kappa shape index (κ1) is 13.8. The molecule has 100 valence electrons. The first-order valence-electron chi connectivity index (χ1n) is 5.03. The molecule has 0 spiro atoms. The Labute approximate surface area is 113 Å². The van der Waals surface area contributed by atoms with E-state index in [-0.39, 0.29) is 23.7 Å². The van der Waals surface area contributed by atoms with Crippen LogP contribution in [0.2, 0.25) is 4.34 Å². The van der Waals surface area contributed by atoms with Gasteiger partial charge in [0.25, 0.3) is 10.0 Å². The number of hydrogen-bond donors (Lipinski definition) is 2. The highest BCUT2D eigenvalue weighted by Crippen LogP contribution is 2.31. The molecule has 3 N–H and O–H groups in total. The van der Waals surface area contributed by atoms with Crippen molar-refractivity contribution in [2.75, 3.05) is 13.1 Å². The van der Waals surface area contributed by atoms with E-state index in [1.807, 2.05) is 0 Å². The van der Waals surface area contributed by atoms with Crippen LogP contribution in [0.4, 0.5) is 0 Å². The number of rotatable bonds is 3. The van der Waals surface area contributed by atoms with Crippen LogP contribution in [0.15, 0.2) is 16.3 Å². The molecule has 1 aliphatic rings. The van der Waals surface area contributed by atoms with E-state index in [1.165, 1.54) is 12.1 Å². The highest BCUT2D eigenvalue weighted by Gasteiger charge is 2.45. The largest absolute Gasteiger partial charge is 0.480 e. The maximum absolute atomic E-state index is 12.2. The normalized spacial score (nSPS) is 25.4. The van der Waals surface area contributed by atoms with Gasteiger partial charge in [0, 0.05) is 13.1 Å². The van der Waals surface area contributed by atoms with Gasteiger partial charge in [-0.2, -0.15) is 4.31 Å². The van der Waals surface area contributed by atoms with Crippen LogP contribution < -0.4 is 5.73 Å². The van der Waals surface area contributed by atoms with E-state index in [0.29, 0.717) is 4.34 Å². The number of sulfonamides is 1. The Morgan fingerprint density at radius 3 is 2.67 bits per heavy atom. The van der Waals surface area contributed by atoms with E-state index >= 15 is 0 Å². The van der Waals surface area contributed by atoms with Gasteiger partial charge in [0.15, 0.2) is 0 Å². The minimum atomic E-state index is -3.70. The molecule has 1 aromatic heterocycles. The molecule has 0 aliphatic carbocycles. The second-order valence-electron chi connectivity index (χ2n) is 4.11.